The van der Waals surface area contributed by atoms with Crippen LogP contribution in [0.15, 0.2) is 18.6 Å². The van der Waals surface area contributed by atoms with Gasteiger partial charge in [0.25, 0.3) is 5.91 Å². The van der Waals surface area contributed by atoms with Crippen molar-refractivity contribution in [2.24, 2.45) is 5.73 Å². The molecule has 18 heavy (non-hydrogen) atoms. The van der Waals surface area contributed by atoms with Gasteiger partial charge in [0.05, 0.1) is 23.3 Å². The van der Waals surface area contributed by atoms with E-state index in [1.807, 2.05) is 0 Å². The summed E-state index contributed by atoms with van der Waals surface area (Å²) in [6.07, 6.45) is 4.37. The molecule has 90 valence electrons. The number of primary amides is 1. The van der Waals surface area contributed by atoms with Gasteiger partial charge >= 0.3 is 0 Å². The Morgan fingerprint density at radius 2 is 2.22 bits per heavy atom. The summed E-state index contributed by atoms with van der Waals surface area (Å²) in [5.41, 5.74) is 5.92. The lowest BCUT2D eigenvalue weighted by atomic mass is 10.3. The van der Waals surface area contributed by atoms with Crippen molar-refractivity contribution >= 4 is 28.5 Å². The van der Waals surface area contributed by atoms with Crippen molar-refractivity contribution in [1.82, 2.24) is 29.9 Å². The molecular formula is C9H6ClN7O. The zero-order chi connectivity index (χ0) is 12.7. The summed E-state index contributed by atoms with van der Waals surface area (Å²) in [6, 6.07) is 0. The van der Waals surface area contributed by atoms with Crippen LogP contribution in [0.1, 0.15) is 10.4 Å². The van der Waals surface area contributed by atoms with Crippen molar-refractivity contribution in [2.75, 3.05) is 0 Å². The van der Waals surface area contributed by atoms with Gasteiger partial charge in [-0.05, 0) is 11.6 Å². The van der Waals surface area contributed by atoms with Crippen LogP contribution in [0.4, 0.5) is 0 Å². The molecule has 0 spiro atoms. The Morgan fingerprint density at radius 3 is 2.94 bits per heavy atom. The fraction of sp³-hybridized carbons (Fsp3) is 0. The van der Waals surface area contributed by atoms with Crippen LogP contribution < -0.4 is 5.73 Å². The second-order valence-corrected chi connectivity index (χ2v) is 3.82. The molecule has 0 atom stereocenters. The minimum absolute atomic E-state index is 0.0536. The third-order valence-corrected chi connectivity index (χ3v) is 2.52. The van der Waals surface area contributed by atoms with Crippen LogP contribution in [0.3, 0.4) is 0 Å². The quantitative estimate of drug-likeness (QED) is 0.645. The van der Waals surface area contributed by atoms with Crippen molar-refractivity contribution in [3.8, 4) is 5.82 Å². The molecule has 3 N–H and O–H groups in total. The van der Waals surface area contributed by atoms with Crippen LogP contribution in [0.25, 0.3) is 16.9 Å². The number of carbonyl (C=O) groups excluding carboxylic acids is 1. The zero-order valence-corrected chi connectivity index (χ0v) is 9.59. The van der Waals surface area contributed by atoms with Gasteiger partial charge in [0.15, 0.2) is 11.5 Å². The highest BCUT2D eigenvalue weighted by molar-refractivity contribution is 6.28. The highest BCUT2D eigenvalue weighted by Gasteiger charge is 2.12. The van der Waals surface area contributed by atoms with Gasteiger partial charge < -0.3 is 5.73 Å². The summed E-state index contributed by atoms with van der Waals surface area (Å²) in [5, 5.41) is 11.2. The number of H-pyrrole nitrogens is 1. The SMILES string of the molecule is NC(=O)c1cnn(-c2nc(Cl)nc3[nH]ncc23)c1. The van der Waals surface area contributed by atoms with Gasteiger partial charge in [-0.3, -0.25) is 9.89 Å². The van der Waals surface area contributed by atoms with Gasteiger partial charge in [-0.25, -0.2) is 4.68 Å². The van der Waals surface area contributed by atoms with E-state index in [4.69, 9.17) is 17.3 Å². The summed E-state index contributed by atoms with van der Waals surface area (Å²) in [6.45, 7) is 0. The number of hydrogen-bond acceptors (Lipinski definition) is 5. The van der Waals surface area contributed by atoms with E-state index in [0.29, 0.717) is 16.9 Å². The Labute approximate surface area is 105 Å². The number of nitrogens with one attached hydrogen (secondary N) is 1. The van der Waals surface area contributed by atoms with Crippen molar-refractivity contribution in [1.29, 1.82) is 0 Å². The largest absolute Gasteiger partial charge is 0.366 e. The summed E-state index contributed by atoms with van der Waals surface area (Å²) < 4.78 is 1.39. The number of hydrogen-bond donors (Lipinski definition) is 2. The lowest BCUT2D eigenvalue weighted by molar-refractivity contribution is 0.100. The average molecular weight is 264 g/mol. The van der Waals surface area contributed by atoms with Gasteiger partial charge in [0.1, 0.15) is 0 Å². The second-order valence-electron chi connectivity index (χ2n) is 3.49. The molecule has 3 aromatic heterocycles. The molecule has 0 aromatic carbocycles. The summed E-state index contributed by atoms with van der Waals surface area (Å²) in [5.74, 6) is -0.143. The smallest absolute Gasteiger partial charge is 0.251 e. The fourth-order valence-corrected chi connectivity index (χ4v) is 1.70. The topological polar surface area (TPSA) is 115 Å². The Morgan fingerprint density at radius 1 is 1.39 bits per heavy atom. The van der Waals surface area contributed by atoms with Crippen LogP contribution in [-0.4, -0.2) is 35.9 Å². The van der Waals surface area contributed by atoms with E-state index in [9.17, 15) is 4.79 Å². The van der Waals surface area contributed by atoms with Gasteiger partial charge in [-0.1, -0.05) is 0 Å². The number of nitrogens with two attached hydrogens (primary N) is 1. The van der Waals surface area contributed by atoms with Gasteiger partial charge in [0, 0.05) is 6.20 Å². The molecule has 0 bridgehead atoms. The molecule has 0 fully saturated rings. The molecule has 0 radical (unpaired) electrons. The first-order valence-electron chi connectivity index (χ1n) is 4.86. The molecule has 0 aliphatic heterocycles. The maximum Gasteiger partial charge on any atom is 0.251 e. The highest BCUT2D eigenvalue weighted by atomic mass is 35.5. The van der Waals surface area contributed by atoms with E-state index in [1.54, 1.807) is 6.20 Å². The standard InChI is InChI=1S/C9H6ClN7O/c10-9-14-7-5(2-12-16-7)8(15-9)17-3-4(1-13-17)6(11)18/h1-3H,(H2,11,18)(H,12,14,15,16). The number of fused-ring (bicyclic) bond motifs is 1. The normalized spacial score (nSPS) is 10.9. The monoisotopic (exact) mass is 263 g/mol. The Bertz CT molecular complexity index is 746. The van der Waals surface area contributed by atoms with Gasteiger partial charge in [0.2, 0.25) is 5.28 Å². The Hall–Kier alpha value is -2.48. The molecule has 0 saturated carbocycles. The molecule has 3 heterocycles. The first-order chi connectivity index (χ1) is 8.65. The lowest BCUT2D eigenvalue weighted by Gasteiger charge is -2.01. The van der Waals surface area contributed by atoms with E-state index >= 15 is 0 Å². The number of nitrogens with zero attached hydrogens (tertiary/aromatic N) is 5. The zero-order valence-electron chi connectivity index (χ0n) is 8.83. The second kappa shape index (κ2) is 3.77. The Balaban J connectivity index is 2.23. The maximum atomic E-state index is 11.0. The highest BCUT2D eigenvalue weighted by Crippen LogP contribution is 2.18. The summed E-state index contributed by atoms with van der Waals surface area (Å²) in [4.78, 5) is 19.0. The average Bonchev–Trinajstić information content (AvgIpc) is 2.95. The number of amides is 1. The van der Waals surface area contributed by atoms with E-state index in [2.05, 4.69) is 25.3 Å². The summed E-state index contributed by atoms with van der Waals surface area (Å²) in [7, 11) is 0. The molecule has 0 saturated heterocycles. The molecular weight excluding hydrogens is 258 g/mol. The van der Waals surface area contributed by atoms with Crippen LogP contribution in [-0.2, 0) is 0 Å². The van der Waals surface area contributed by atoms with Crippen LogP contribution in [0.5, 0.6) is 0 Å². The minimum Gasteiger partial charge on any atom is -0.366 e. The molecule has 8 nitrogen and oxygen atoms in total. The third-order valence-electron chi connectivity index (χ3n) is 2.35. The van der Waals surface area contributed by atoms with E-state index in [-0.39, 0.29) is 10.8 Å². The predicted molar refractivity (Wildman–Crippen MR) is 62.3 cm³/mol. The first-order valence-corrected chi connectivity index (χ1v) is 5.24. The van der Waals surface area contributed by atoms with Gasteiger partial charge in [-0.2, -0.15) is 20.2 Å². The van der Waals surface area contributed by atoms with Crippen LogP contribution in [0.2, 0.25) is 5.28 Å². The van der Waals surface area contributed by atoms with Gasteiger partial charge in [-0.15, -0.1) is 0 Å². The van der Waals surface area contributed by atoms with Crippen LogP contribution >= 0.6 is 11.6 Å². The molecule has 0 aliphatic carbocycles. The van der Waals surface area contributed by atoms with Crippen molar-refractivity contribution in [2.45, 2.75) is 0 Å². The molecule has 1 amide bonds. The number of rotatable bonds is 2. The van der Waals surface area contributed by atoms with Crippen LogP contribution in [0, 0.1) is 0 Å². The molecule has 0 unspecified atom stereocenters. The van der Waals surface area contributed by atoms with Crippen molar-refractivity contribution < 1.29 is 4.79 Å². The minimum atomic E-state index is -0.565. The van der Waals surface area contributed by atoms with E-state index in [0.717, 1.165) is 0 Å². The number of carbonyl (C=O) groups is 1. The maximum absolute atomic E-state index is 11.0. The fourth-order valence-electron chi connectivity index (χ4n) is 1.53. The lowest BCUT2D eigenvalue weighted by Crippen LogP contribution is -2.09. The van der Waals surface area contributed by atoms with Crippen molar-refractivity contribution in [3.63, 3.8) is 0 Å². The van der Waals surface area contributed by atoms with E-state index < -0.39 is 5.91 Å². The number of aromatic nitrogens is 6. The third kappa shape index (κ3) is 1.59. The van der Waals surface area contributed by atoms with Crippen molar-refractivity contribution in [3.05, 3.63) is 29.4 Å². The molecule has 3 rings (SSSR count). The molecule has 9 heteroatoms. The van der Waals surface area contributed by atoms with E-state index in [1.165, 1.54) is 17.1 Å². The Kier molecular flexibility index (Phi) is 2.23. The molecule has 0 aliphatic rings. The summed E-state index contributed by atoms with van der Waals surface area (Å²) >= 11 is 5.80. The molecule has 3 aromatic rings. The predicted octanol–water partition coefficient (Wildman–Crippen LogP) is 0.291. The first kappa shape index (κ1) is 10.7. The number of aromatic amines is 1. The number of halogens is 1.